The molecule has 2 rings (SSSR count). The Bertz CT molecular complexity index is 722. The third-order valence-corrected chi connectivity index (χ3v) is 3.70. The van der Waals surface area contributed by atoms with Crippen LogP contribution in [0.3, 0.4) is 0 Å². The maximum absolute atomic E-state index is 12.2. The van der Waals surface area contributed by atoms with E-state index in [1.165, 1.54) is 5.56 Å². The van der Waals surface area contributed by atoms with Gasteiger partial charge in [0.05, 0.1) is 12.6 Å². The summed E-state index contributed by atoms with van der Waals surface area (Å²) in [6.07, 6.45) is 0.902. The fraction of sp³-hybridized carbons (Fsp3) is 0.526. The number of hydrogen-bond donors (Lipinski definition) is 3. The second-order valence-corrected chi connectivity index (χ2v) is 7.18. The zero-order valence-corrected chi connectivity index (χ0v) is 16.3. The number of rotatable bonds is 8. The Morgan fingerprint density at radius 2 is 1.93 bits per heavy atom. The fourth-order valence-corrected chi connectivity index (χ4v) is 2.41. The van der Waals surface area contributed by atoms with E-state index in [1.807, 2.05) is 12.1 Å². The van der Waals surface area contributed by atoms with Crippen molar-refractivity contribution in [2.24, 2.45) is 0 Å². The van der Waals surface area contributed by atoms with E-state index in [9.17, 15) is 4.79 Å². The van der Waals surface area contributed by atoms with Gasteiger partial charge in [-0.3, -0.25) is 0 Å². The molecule has 0 radical (unpaired) electrons. The van der Waals surface area contributed by atoms with Gasteiger partial charge in [-0.2, -0.15) is 4.98 Å². The van der Waals surface area contributed by atoms with Crippen molar-refractivity contribution in [2.75, 3.05) is 18.5 Å². The van der Waals surface area contributed by atoms with Crippen LogP contribution in [0.5, 0.6) is 0 Å². The second kappa shape index (κ2) is 9.36. The number of benzene rings is 1. The lowest BCUT2D eigenvalue weighted by Crippen LogP contribution is -2.36. The highest BCUT2D eigenvalue weighted by molar-refractivity contribution is 5.68. The molecule has 27 heavy (non-hydrogen) atoms. The molecule has 0 spiro atoms. The van der Waals surface area contributed by atoms with E-state index in [0.29, 0.717) is 18.8 Å². The molecule has 8 heteroatoms. The summed E-state index contributed by atoms with van der Waals surface area (Å²) in [6, 6.07) is 7.84. The maximum Gasteiger partial charge on any atom is 0.408 e. The summed E-state index contributed by atoms with van der Waals surface area (Å²) in [5.74, 6) is 0.334. The number of amides is 1. The number of anilines is 1. The number of nitrogens with one attached hydrogen (secondary N) is 2. The lowest BCUT2D eigenvalue weighted by atomic mass is 10.0. The van der Waals surface area contributed by atoms with Gasteiger partial charge in [0.15, 0.2) is 5.82 Å². The van der Waals surface area contributed by atoms with Gasteiger partial charge in [0, 0.05) is 13.0 Å². The average Bonchev–Trinajstić information content (AvgIpc) is 3.07. The Morgan fingerprint density at radius 1 is 1.26 bits per heavy atom. The van der Waals surface area contributed by atoms with Gasteiger partial charge in [-0.1, -0.05) is 36.3 Å². The summed E-state index contributed by atoms with van der Waals surface area (Å²) in [5.41, 5.74) is 1.66. The number of aryl methyl sites for hydroxylation is 1. The molecule has 3 N–H and O–H groups in total. The molecule has 0 unspecified atom stereocenters. The molecule has 0 aliphatic carbocycles. The topological polar surface area (TPSA) is 110 Å². The van der Waals surface area contributed by atoms with Gasteiger partial charge in [-0.05, 0) is 38.3 Å². The third-order valence-electron chi connectivity index (χ3n) is 3.70. The Kier molecular flexibility index (Phi) is 7.18. The zero-order chi connectivity index (χ0) is 19.9. The van der Waals surface area contributed by atoms with Crippen molar-refractivity contribution in [2.45, 2.75) is 52.2 Å². The highest BCUT2D eigenvalue weighted by Crippen LogP contribution is 2.19. The van der Waals surface area contributed by atoms with E-state index in [1.54, 1.807) is 20.8 Å². The normalized spacial score (nSPS) is 12.5. The van der Waals surface area contributed by atoms with Crippen molar-refractivity contribution in [3.63, 3.8) is 0 Å². The van der Waals surface area contributed by atoms with Crippen LogP contribution in [0.1, 0.15) is 50.7 Å². The number of carbonyl (C=O) groups excluding carboxylic acids is 1. The van der Waals surface area contributed by atoms with E-state index < -0.39 is 17.7 Å². The Labute approximate surface area is 159 Å². The first kappa shape index (κ1) is 20.7. The standard InChI is InChI=1S/C19H28N4O4/c1-5-13-6-8-14(9-7-13)12-15(21-18(25)26-19(2,3)4)16-22-17(27-23-16)20-10-11-24/h6-9,15,24H,5,10-12H2,1-4H3,(H,21,25)(H,20,22,23)/t15-/m0/s1. The molecule has 0 aliphatic rings. The van der Waals surface area contributed by atoms with Crippen LogP contribution in [-0.4, -0.2) is 40.1 Å². The first-order chi connectivity index (χ1) is 12.8. The molecule has 1 heterocycles. The molecule has 0 saturated heterocycles. The molecule has 148 valence electrons. The molecule has 0 saturated carbocycles. The van der Waals surface area contributed by atoms with E-state index in [-0.39, 0.29) is 12.6 Å². The molecule has 2 aromatic rings. The largest absolute Gasteiger partial charge is 0.444 e. The summed E-state index contributed by atoms with van der Waals surface area (Å²) in [5, 5.41) is 18.4. The molecule has 1 aromatic heterocycles. The van der Waals surface area contributed by atoms with Crippen LogP contribution in [-0.2, 0) is 17.6 Å². The molecule has 0 bridgehead atoms. The van der Waals surface area contributed by atoms with Gasteiger partial charge in [0.25, 0.3) is 0 Å². The quantitative estimate of drug-likeness (QED) is 0.650. The van der Waals surface area contributed by atoms with Crippen molar-refractivity contribution in [1.29, 1.82) is 0 Å². The summed E-state index contributed by atoms with van der Waals surface area (Å²) in [7, 11) is 0. The third kappa shape index (κ3) is 6.90. The van der Waals surface area contributed by atoms with E-state index in [2.05, 4.69) is 39.8 Å². The van der Waals surface area contributed by atoms with E-state index in [0.717, 1.165) is 12.0 Å². The van der Waals surface area contributed by atoms with Crippen LogP contribution < -0.4 is 10.6 Å². The number of alkyl carbamates (subject to hydrolysis) is 1. The Hall–Kier alpha value is -2.61. The van der Waals surface area contributed by atoms with Gasteiger partial charge in [0.1, 0.15) is 5.60 Å². The number of aromatic nitrogens is 2. The van der Waals surface area contributed by atoms with Crippen molar-refractivity contribution < 1.29 is 19.2 Å². The molecular weight excluding hydrogens is 348 g/mol. The van der Waals surface area contributed by atoms with Crippen molar-refractivity contribution >= 4 is 12.1 Å². The highest BCUT2D eigenvalue weighted by Gasteiger charge is 2.24. The smallest absolute Gasteiger partial charge is 0.408 e. The summed E-state index contributed by atoms with van der Waals surface area (Å²) < 4.78 is 10.5. The second-order valence-electron chi connectivity index (χ2n) is 7.18. The monoisotopic (exact) mass is 376 g/mol. The number of hydrogen-bond acceptors (Lipinski definition) is 7. The Morgan fingerprint density at radius 3 is 2.52 bits per heavy atom. The molecule has 1 atom stereocenters. The zero-order valence-electron chi connectivity index (χ0n) is 16.3. The predicted octanol–water partition coefficient (Wildman–Crippen LogP) is 2.84. The molecule has 8 nitrogen and oxygen atoms in total. The van der Waals surface area contributed by atoms with Gasteiger partial charge in [0.2, 0.25) is 0 Å². The van der Waals surface area contributed by atoms with Gasteiger partial charge in [-0.15, -0.1) is 0 Å². The first-order valence-corrected chi connectivity index (χ1v) is 9.06. The van der Waals surface area contributed by atoms with Crippen LogP contribution in [0, 0.1) is 0 Å². The minimum Gasteiger partial charge on any atom is -0.444 e. The number of aliphatic hydroxyl groups is 1. The summed E-state index contributed by atoms with van der Waals surface area (Å²) in [4.78, 5) is 16.5. The van der Waals surface area contributed by atoms with Crippen molar-refractivity contribution in [3.8, 4) is 0 Å². The average molecular weight is 376 g/mol. The first-order valence-electron chi connectivity index (χ1n) is 9.06. The lowest BCUT2D eigenvalue weighted by Gasteiger charge is -2.22. The van der Waals surface area contributed by atoms with Crippen molar-refractivity contribution in [1.82, 2.24) is 15.5 Å². The van der Waals surface area contributed by atoms with Crippen LogP contribution in [0.4, 0.5) is 10.8 Å². The van der Waals surface area contributed by atoms with Gasteiger partial charge in [-0.25, -0.2) is 4.79 Å². The predicted molar refractivity (Wildman–Crippen MR) is 102 cm³/mol. The molecule has 0 aliphatic heterocycles. The van der Waals surface area contributed by atoms with Crippen LogP contribution in [0.15, 0.2) is 28.8 Å². The molecular formula is C19H28N4O4. The van der Waals surface area contributed by atoms with Crippen LogP contribution in [0.2, 0.25) is 0 Å². The molecule has 1 amide bonds. The highest BCUT2D eigenvalue weighted by atomic mass is 16.6. The minimum absolute atomic E-state index is 0.0545. The number of aliphatic hydroxyl groups excluding tert-OH is 1. The number of ether oxygens (including phenoxy) is 1. The summed E-state index contributed by atoms with van der Waals surface area (Å²) in [6.45, 7) is 7.75. The molecule has 1 aromatic carbocycles. The molecule has 0 fully saturated rings. The number of nitrogens with zero attached hydrogens (tertiary/aromatic N) is 2. The van der Waals surface area contributed by atoms with Crippen molar-refractivity contribution in [3.05, 3.63) is 41.2 Å². The minimum atomic E-state index is -0.609. The fourth-order valence-electron chi connectivity index (χ4n) is 2.41. The van der Waals surface area contributed by atoms with Crippen LogP contribution in [0.25, 0.3) is 0 Å². The maximum atomic E-state index is 12.2. The van der Waals surface area contributed by atoms with E-state index >= 15 is 0 Å². The van der Waals surface area contributed by atoms with E-state index in [4.69, 9.17) is 14.4 Å². The Balaban J connectivity index is 2.16. The number of carbonyl (C=O) groups is 1. The summed E-state index contributed by atoms with van der Waals surface area (Å²) >= 11 is 0. The lowest BCUT2D eigenvalue weighted by molar-refractivity contribution is 0.0500. The van der Waals surface area contributed by atoms with Crippen LogP contribution >= 0.6 is 0 Å². The SMILES string of the molecule is CCc1ccc(C[C@H](NC(=O)OC(C)(C)C)c2noc(NCCO)n2)cc1. The van der Waals surface area contributed by atoms with Gasteiger partial charge < -0.3 is 25.0 Å². The van der Waals surface area contributed by atoms with Gasteiger partial charge >= 0.3 is 12.1 Å².